The molecule has 1 N–H and O–H groups in total. The summed E-state index contributed by atoms with van der Waals surface area (Å²) in [6.45, 7) is 15.2. The summed E-state index contributed by atoms with van der Waals surface area (Å²) < 4.78 is 62.5. The molecule has 2 rings (SSSR count). The van der Waals surface area contributed by atoms with Crippen molar-refractivity contribution < 1.29 is 27.4 Å². The van der Waals surface area contributed by atoms with Gasteiger partial charge in [-0.2, -0.15) is 13.2 Å². The molecule has 1 atom stereocenters. The number of methoxy groups -OCH3 is 1. The van der Waals surface area contributed by atoms with Crippen LogP contribution in [0.2, 0.25) is 0 Å². The van der Waals surface area contributed by atoms with E-state index in [4.69, 9.17) is 4.74 Å². The normalized spacial score (nSPS) is 15.2. The van der Waals surface area contributed by atoms with Crippen LogP contribution < -0.4 is 4.74 Å². The zero-order valence-electron chi connectivity index (χ0n) is 21.7. The van der Waals surface area contributed by atoms with Gasteiger partial charge in [-0.15, -0.1) is 0 Å². The minimum absolute atomic E-state index is 0.275. The van der Waals surface area contributed by atoms with E-state index in [2.05, 4.69) is 0 Å². The number of hydrogen-bond acceptors (Lipinski definition) is 2. The molecule has 34 heavy (non-hydrogen) atoms. The van der Waals surface area contributed by atoms with E-state index in [9.17, 15) is 22.7 Å². The van der Waals surface area contributed by atoms with E-state index in [1.165, 1.54) is 25.3 Å². The van der Waals surface area contributed by atoms with Crippen LogP contribution in [0.4, 0.5) is 17.6 Å². The van der Waals surface area contributed by atoms with Gasteiger partial charge < -0.3 is 9.84 Å². The third kappa shape index (κ3) is 6.32. The average Bonchev–Trinajstić information content (AvgIpc) is 2.65. The number of aliphatic hydroxyl groups is 1. The van der Waals surface area contributed by atoms with Crippen LogP contribution in [0.15, 0.2) is 36.4 Å². The molecule has 0 aromatic heterocycles. The lowest BCUT2D eigenvalue weighted by Gasteiger charge is -2.39. The summed E-state index contributed by atoms with van der Waals surface area (Å²) in [6, 6.07) is 9.29. The second-order valence-electron chi connectivity index (χ2n) is 12.0. The van der Waals surface area contributed by atoms with Crippen LogP contribution in [0.25, 0.3) is 0 Å². The van der Waals surface area contributed by atoms with Crippen molar-refractivity contribution in [2.75, 3.05) is 7.11 Å². The van der Waals surface area contributed by atoms with Crippen LogP contribution in [-0.2, 0) is 22.7 Å². The second-order valence-corrected chi connectivity index (χ2v) is 12.0. The predicted molar refractivity (Wildman–Crippen MR) is 129 cm³/mol. The first-order valence-corrected chi connectivity index (χ1v) is 11.5. The molecule has 0 amide bonds. The number of hydrogen-bond donors (Lipinski definition) is 1. The van der Waals surface area contributed by atoms with Crippen molar-refractivity contribution in [3.63, 3.8) is 0 Å². The largest absolute Gasteiger partial charge is 0.496 e. The summed E-state index contributed by atoms with van der Waals surface area (Å²) in [6.07, 6.45) is -6.16. The van der Waals surface area contributed by atoms with Gasteiger partial charge in [-0.05, 0) is 57.6 Å². The molecule has 0 radical (unpaired) electrons. The minimum Gasteiger partial charge on any atom is -0.496 e. The number of alkyl halides is 3. The van der Waals surface area contributed by atoms with Gasteiger partial charge in [-0.3, -0.25) is 0 Å². The van der Waals surface area contributed by atoms with Crippen molar-refractivity contribution in [3.8, 4) is 5.75 Å². The first-order valence-electron chi connectivity index (χ1n) is 11.5. The standard InChI is InChI=1S/C28H38F4O2/c1-24(2,3)19-12-18(13-20(14-19)25(4,5)6)16-27(33,28(30,31)32)17-26(7,8)22-15-21(29)10-11-23(22)34-9/h10-15,33H,16-17H2,1-9H3. The Balaban J connectivity index is 2.61. The number of halogens is 4. The molecule has 0 aliphatic carbocycles. The molecule has 2 aromatic rings. The molecule has 0 spiro atoms. The molecule has 6 heteroatoms. The van der Waals surface area contributed by atoms with Crippen molar-refractivity contribution in [3.05, 3.63) is 64.5 Å². The SMILES string of the molecule is COc1ccc(F)cc1C(C)(C)CC(O)(Cc1cc(C(C)(C)C)cc(C(C)(C)C)c1)C(F)(F)F. The van der Waals surface area contributed by atoms with E-state index in [-0.39, 0.29) is 22.1 Å². The molecule has 0 aliphatic rings. The van der Waals surface area contributed by atoms with Gasteiger partial charge in [-0.1, -0.05) is 73.6 Å². The summed E-state index contributed by atoms with van der Waals surface area (Å²) in [4.78, 5) is 0. The maximum Gasteiger partial charge on any atom is 0.417 e. The first-order chi connectivity index (χ1) is 15.2. The van der Waals surface area contributed by atoms with Gasteiger partial charge in [0.1, 0.15) is 11.6 Å². The Hall–Kier alpha value is -2.08. The van der Waals surface area contributed by atoms with E-state index in [0.717, 1.165) is 11.1 Å². The predicted octanol–water partition coefficient (Wildman–Crippen LogP) is 7.63. The molecule has 2 aromatic carbocycles. The Morgan fingerprint density at radius 2 is 1.29 bits per heavy atom. The Kier molecular flexibility index (Phi) is 7.60. The topological polar surface area (TPSA) is 29.5 Å². The van der Waals surface area contributed by atoms with E-state index in [0.29, 0.717) is 5.56 Å². The number of benzene rings is 2. The highest BCUT2D eigenvalue weighted by Crippen LogP contribution is 2.45. The van der Waals surface area contributed by atoms with Gasteiger partial charge >= 0.3 is 6.18 Å². The zero-order chi connectivity index (χ0) is 26.3. The average molecular weight is 483 g/mol. The quantitative estimate of drug-likeness (QED) is 0.429. The van der Waals surface area contributed by atoms with Crippen molar-refractivity contribution in [2.45, 2.75) is 96.3 Å². The van der Waals surface area contributed by atoms with Gasteiger partial charge in [-0.25, -0.2) is 4.39 Å². The Morgan fingerprint density at radius 1 is 0.794 bits per heavy atom. The van der Waals surface area contributed by atoms with E-state index >= 15 is 0 Å². The van der Waals surface area contributed by atoms with Crippen LogP contribution in [0, 0.1) is 5.82 Å². The monoisotopic (exact) mass is 482 g/mol. The maximum absolute atomic E-state index is 14.4. The Morgan fingerprint density at radius 3 is 1.71 bits per heavy atom. The fourth-order valence-corrected chi connectivity index (χ4v) is 4.30. The molecule has 0 fully saturated rings. The molecular formula is C28H38F4O2. The zero-order valence-corrected chi connectivity index (χ0v) is 21.7. The highest BCUT2D eigenvalue weighted by molar-refractivity contribution is 5.41. The lowest BCUT2D eigenvalue weighted by molar-refractivity contribution is -0.266. The molecule has 0 aliphatic heterocycles. The summed E-state index contributed by atoms with van der Waals surface area (Å²) in [7, 11) is 1.38. The number of rotatable bonds is 6. The molecule has 1 unspecified atom stereocenters. The van der Waals surface area contributed by atoms with Gasteiger partial charge in [0.2, 0.25) is 0 Å². The van der Waals surface area contributed by atoms with E-state index < -0.39 is 35.9 Å². The molecule has 2 nitrogen and oxygen atoms in total. The molecule has 0 bridgehead atoms. The second kappa shape index (κ2) is 9.18. The van der Waals surface area contributed by atoms with Gasteiger partial charge in [0, 0.05) is 12.0 Å². The van der Waals surface area contributed by atoms with Crippen LogP contribution >= 0.6 is 0 Å². The fraction of sp³-hybridized carbons (Fsp3) is 0.571. The van der Waals surface area contributed by atoms with Crippen molar-refractivity contribution >= 4 is 0 Å². The van der Waals surface area contributed by atoms with Crippen LogP contribution in [-0.4, -0.2) is 24.0 Å². The van der Waals surface area contributed by atoms with Crippen molar-refractivity contribution in [2.24, 2.45) is 0 Å². The van der Waals surface area contributed by atoms with Gasteiger partial charge in [0.05, 0.1) is 7.11 Å². The molecule has 0 saturated heterocycles. The smallest absolute Gasteiger partial charge is 0.417 e. The minimum atomic E-state index is -4.90. The fourth-order valence-electron chi connectivity index (χ4n) is 4.30. The summed E-state index contributed by atoms with van der Waals surface area (Å²) in [5, 5.41) is 11.2. The highest BCUT2D eigenvalue weighted by Gasteiger charge is 2.56. The first kappa shape index (κ1) is 28.2. The molecule has 190 valence electrons. The lowest BCUT2D eigenvalue weighted by Crippen LogP contribution is -2.51. The van der Waals surface area contributed by atoms with Crippen LogP contribution in [0.1, 0.15) is 84.1 Å². The summed E-state index contributed by atoms with van der Waals surface area (Å²) in [5.41, 5.74) is -2.31. The maximum atomic E-state index is 14.4. The van der Waals surface area contributed by atoms with E-state index in [1.54, 1.807) is 26.0 Å². The lowest BCUT2D eigenvalue weighted by atomic mass is 9.72. The molecule has 0 saturated carbocycles. The third-order valence-corrected chi connectivity index (χ3v) is 6.37. The number of ether oxygens (including phenoxy) is 1. The Labute approximate surface area is 201 Å². The van der Waals surface area contributed by atoms with Gasteiger partial charge in [0.15, 0.2) is 5.60 Å². The highest BCUT2D eigenvalue weighted by atomic mass is 19.4. The molecule has 0 heterocycles. The van der Waals surface area contributed by atoms with Crippen LogP contribution in [0.3, 0.4) is 0 Å². The summed E-state index contributed by atoms with van der Waals surface area (Å²) in [5.74, 6) is -0.298. The van der Waals surface area contributed by atoms with Crippen LogP contribution in [0.5, 0.6) is 5.75 Å². The van der Waals surface area contributed by atoms with Crippen molar-refractivity contribution in [1.82, 2.24) is 0 Å². The third-order valence-electron chi connectivity index (χ3n) is 6.37. The van der Waals surface area contributed by atoms with E-state index in [1.807, 2.05) is 47.6 Å². The summed E-state index contributed by atoms with van der Waals surface area (Å²) >= 11 is 0. The van der Waals surface area contributed by atoms with Gasteiger partial charge in [0.25, 0.3) is 0 Å². The Bertz CT molecular complexity index is 978. The van der Waals surface area contributed by atoms with Crippen molar-refractivity contribution in [1.29, 1.82) is 0 Å². The molecular weight excluding hydrogens is 444 g/mol.